The van der Waals surface area contributed by atoms with Gasteiger partial charge >= 0.3 is 0 Å². The largest absolute Gasteiger partial charge is 1.00 e. The van der Waals surface area contributed by atoms with Crippen LogP contribution in [0.4, 0.5) is 0 Å². The molecule has 0 saturated carbocycles. The van der Waals surface area contributed by atoms with Gasteiger partial charge in [0.05, 0.1) is 27.2 Å². The number of halogens is 1. The maximum Gasteiger partial charge on any atom is 0.0782 e. The molecule has 0 atom stereocenters. The first-order valence-corrected chi connectivity index (χ1v) is 11.9. The van der Waals surface area contributed by atoms with Crippen LogP contribution in [0.15, 0.2) is 0 Å². The van der Waals surface area contributed by atoms with E-state index in [0.29, 0.717) is 0 Å². The van der Waals surface area contributed by atoms with Gasteiger partial charge in [-0.25, -0.2) is 0 Å². The summed E-state index contributed by atoms with van der Waals surface area (Å²) in [5.74, 6) is 0. The smallest absolute Gasteiger partial charge is 0.0782 e. The molecule has 0 aromatic carbocycles. The van der Waals surface area contributed by atoms with Gasteiger partial charge in [0.25, 0.3) is 0 Å². The third kappa shape index (κ3) is 22.5. The highest BCUT2D eigenvalue weighted by Crippen LogP contribution is 2.14. The van der Waals surface area contributed by atoms with Gasteiger partial charge in [-0.15, -0.1) is 0 Å². The van der Waals surface area contributed by atoms with Crippen molar-refractivity contribution in [3.8, 4) is 0 Å². The van der Waals surface area contributed by atoms with Crippen molar-refractivity contribution in [1.29, 1.82) is 0 Å². The molecular weight excluding hydrogens is 382 g/mol. The average Bonchev–Trinajstić information content (AvgIpc) is 2.57. The molecule has 0 saturated heterocycles. The summed E-state index contributed by atoms with van der Waals surface area (Å²) in [6.45, 7) is 7.30. The van der Waals surface area contributed by atoms with Crippen molar-refractivity contribution in [3.63, 3.8) is 0 Å². The maximum atomic E-state index is 2.38. The SMILES string of the molecule is CCCCCCCCCCCCCCCCCCC[N+](C)(C)CCC.[Br-]. The third-order valence-corrected chi connectivity index (χ3v) is 5.70. The van der Waals surface area contributed by atoms with Crippen molar-refractivity contribution in [2.45, 2.75) is 129 Å². The predicted octanol–water partition coefficient (Wildman–Crippen LogP) is 5.13. The van der Waals surface area contributed by atoms with E-state index in [1.807, 2.05) is 0 Å². The molecule has 160 valence electrons. The van der Waals surface area contributed by atoms with Gasteiger partial charge in [0.15, 0.2) is 0 Å². The summed E-state index contributed by atoms with van der Waals surface area (Å²) in [5, 5.41) is 0. The Morgan fingerprint density at radius 1 is 0.385 bits per heavy atom. The van der Waals surface area contributed by atoms with Gasteiger partial charge in [-0.05, 0) is 19.3 Å². The molecule has 1 nitrogen and oxygen atoms in total. The van der Waals surface area contributed by atoms with Gasteiger partial charge in [-0.3, -0.25) is 0 Å². The van der Waals surface area contributed by atoms with Crippen LogP contribution in [0.3, 0.4) is 0 Å². The van der Waals surface area contributed by atoms with Gasteiger partial charge < -0.3 is 21.5 Å². The van der Waals surface area contributed by atoms with Crippen LogP contribution in [0.1, 0.15) is 129 Å². The Balaban J connectivity index is 0. The molecule has 0 bridgehead atoms. The van der Waals surface area contributed by atoms with Gasteiger partial charge in [-0.2, -0.15) is 0 Å². The van der Waals surface area contributed by atoms with Crippen LogP contribution < -0.4 is 17.0 Å². The molecule has 0 aromatic rings. The van der Waals surface area contributed by atoms with E-state index in [2.05, 4.69) is 27.9 Å². The van der Waals surface area contributed by atoms with E-state index in [9.17, 15) is 0 Å². The van der Waals surface area contributed by atoms with E-state index < -0.39 is 0 Å². The first-order chi connectivity index (χ1) is 12.1. The molecule has 0 amide bonds. The minimum absolute atomic E-state index is 0. The molecule has 0 heterocycles. The molecule has 0 fully saturated rings. The van der Waals surface area contributed by atoms with Gasteiger partial charge in [0.2, 0.25) is 0 Å². The lowest BCUT2D eigenvalue weighted by Gasteiger charge is -2.29. The number of quaternary nitrogens is 1. The number of rotatable bonds is 20. The summed E-state index contributed by atoms with van der Waals surface area (Å²) in [6, 6.07) is 0. The van der Waals surface area contributed by atoms with Gasteiger partial charge in [0.1, 0.15) is 0 Å². The molecule has 0 aliphatic heterocycles. The van der Waals surface area contributed by atoms with Crippen molar-refractivity contribution in [3.05, 3.63) is 0 Å². The summed E-state index contributed by atoms with van der Waals surface area (Å²) in [5.41, 5.74) is 0. The zero-order valence-corrected chi connectivity index (χ0v) is 20.6. The molecule has 0 unspecified atom stereocenters. The molecule has 0 spiro atoms. The molecule has 0 aliphatic carbocycles. The Bertz CT molecular complexity index is 253. The molecule has 26 heavy (non-hydrogen) atoms. The Labute approximate surface area is 178 Å². The molecular formula is C24H52BrN. The van der Waals surface area contributed by atoms with E-state index in [4.69, 9.17) is 0 Å². The molecule has 0 aromatic heterocycles. The van der Waals surface area contributed by atoms with E-state index in [1.54, 1.807) is 0 Å². The number of nitrogens with zero attached hydrogens (tertiary/aromatic N) is 1. The van der Waals surface area contributed by atoms with Crippen molar-refractivity contribution in [2.75, 3.05) is 27.2 Å². The monoisotopic (exact) mass is 433 g/mol. The minimum Gasteiger partial charge on any atom is -1.00 e. The number of unbranched alkanes of at least 4 members (excludes halogenated alkanes) is 16. The lowest BCUT2D eigenvalue weighted by molar-refractivity contribution is -0.890. The normalized spacial score (nSPS) is 11.5. The second-order valence-electron chi connectivity index (χ2n) is 9.04. The Kier molecular flexibility index (Phi) is 24.0. The maximum absolute atomic E-state index is 2.38. The molecule has 0 rings (SSSR count). The fraction of sp³-hybridized carbons (Fsp3) is 1.00. The fourth-order valence-corrected chi connectivity index (χ4v) is 3.98. The van der Waals surface area contributed by atoms with Gasteiger partial charge in [-0.1, -0.05) is 110 Å². The van der Waals surface area contributed by atoms with E-state index in [1.165, 1.54) is 133 Å². The summed E-state index contributed by atoms with van der Waals surface area (Å²) in [6.07, 6.45) is 26.2. The second kappa shape index (κ2) is 21.7. The number of hydrogen-bond acceptors (Lipinski definition) is 0. The first-order valence-electron chi connectivity index (χ1n) is 11.9. The van der Waals surface area contributed by atoms with Crippen molar-refractivity contribution in [1.82, 2.24) is 0 Å². The number of hydrogen-bond donors (Lipinski definition) is 0. The third-order valence-electron chi connectivity index (χ3n) is 5.70. The quantitative estimate of drug-likeness (QED) is 0.184. The zero-order chi connectivity index (χ0) is 18.6. The van der Waals surface area contributed by atoms with Gasteiger partial charge in [0, 0.05) is 0 Å². The van der Waals surface area contributed by atoms with Crippen molar-refractivity contribution >= 4 is 0 Å². The Morgan fingerprint density at radius 3 is 1.00 bits per heavy atom. The zero-order valence-electron chi connectivity index (χ0n) is 19.0. The summed E-state index contributed by atoms with van der Waals surface area (Å²) >= 11 is 0. The molecule has 0 radical (unpaired) electrons. The van der Waals surface area contributed by atoms with Crippen LogP contribution in [0, 0.1) is 0 Å². The second-order valence-corrected chi connectivity index (χ2v) is 9.04. The van der Waals surface area contributed by atoms with E-state index in [-0.39, 0.29) is 17.0 Å². The molecule has 0 N–H and O–H groups in total. The molecule has 0 aliphatic rings. The highest BCUT2D eigenvalue weighted by atomic mass is 79.9. The van der Waals surface area contributed by atoms with Crippen LogP contribution in [0.25, 0.3) is 0 Å². The highest BCUT2D eigenvalue weighted by molar-refractivity contribution is 4.50. The predicted molar refractivity (Wildman–Crippen MR) is 116 cm³/mol. The molecule has 2 heteroatoms. The standard InChI is InChI=1S/C24H52N.BrH/c1-5-7-8-9-10-11-12-13-14-15-16-17-18-19-20-21-22-24-25(3,4)23-6-2;/h5-24H2,1-4H3;1H/q+1;/p-1. The Hall–Kier alpha value is 0.440. The summed E-state index contributed by atoms with van der Waals surface area (Å²) in [7, 11) is 4.77. The van der Waals surface area contributed by atoms with E-state index >= 15 is 0 Å². The summed E-state index contributed by atoms with van der Waals surface area (Å²) in [4.78, 5) is 0. The average molecular weight is 435 g/mol. The van der Waals surface area contributed by atoms with Crippen LogP contribution >= 0.6 is 0 Å². The van der Waals surface area contributed by atoms with Crippen LogP contribution in [0.5, 0.6) is 0 Å². The lowest BCUT2D eigenvalue weighted by atomic mass is 10.0. The van der Waals surface area contributed by atoms with Crippen molar-refractivity contribution < 1.29 is 21.5 Å². The highest BCUT2D eigenvalue weighted by Gasteiger charge is 2.11. The lowest BCUT2D eigenvalue weighted by Crippen LogP contribution is -3.00. The fourth-order valence-electron chi connectivity index (χ4n) is 3.98. The van der Waals surface area contributed by atoms with Crippen LogP contribution in [-0.4, -0.2) is 31.7 Å². The van der Waals surface area contributed by atoms with Crippen LogP contribution in [-0.2, 0) is 0 Å². The Morgan fingerprint density at radius 2 is 0.692 bits per heavy atom. The first kappa shape index (κ1) is 28.6. The summed E-state index contributed by atoms with van der Waals surface area (Å²) < 4.78 is 1.22. The topological polar surface area (TPSA) is 0 Å². The van der Waals surface area contributed by atoms with E-state index in [0.717, 1.165) is 0 Å². The van der Waals surface area contributed by atoms with Crippen molar-refractivity contribution in [2.24, 2.45) is 0 Å². The van der Waals surface area contributed by atoms with Crippen LogP contribution in [0.2, 0.25) is 0 Å². The minimum atomic E-state index is 0.